The third-order valence-corrected chi connectivity index (χ3v) is 7.87. The molecular formula is C18H30N4O7P+. The van der Waals surface area contributed by atoms with Crippen LogP contribution in [0.5, 0.6) is 0 Å². The number of hydrogen-bond donors (Lipinski definition) is 4. The van der Waals surface area contributed by atoms with Crippen molar-refractivity contribution < 1.29 is 24.4 Å². The number of aliphatic hydroxyl groups is 2. The lowest BCUT2D eigenvalue weighted by molar-refractivity contribution is -0.0547. The molecule has 0 aromatic carbocycles. The molecule has 5 atom stereocenters. The van der Waals surface area contributed by atoms with Crippen LogP contribution in [0.15, 0.2) is 21.9 Å². The fourth-order valence-corrected chi connectivity index (χ4v) is 6.72. The largest absolute Gasteiger partial charge is 0.394 e. The van der Waals surface area contributed by atoms with Crippen molar-refractivity contribution in [3.8, 4) is 6.07 Å². The molecule has 1 aromatic heterocycles. The van der Waals surface area contributed by atoms with Gasteiger partial charge in [-0.1, -0.05) is 0 Å². The maximum atomic E-state index is 12.1. The summed E-state index contributed by atoms with van der Waals surface area (Å²) in [6.45, 7) is 7.00. The van der Waals surface area contributed by atoms with Crippen molar-refractivity contribution >= 4 is 7.87 Å². The van der Waals surface area contributed by atoms with Crippen molar-refractivity contribution in [2.24, 2.45) is 0 Å². The zero-order chi connectivity index (χ0) is 22.6. The van der Waals surface area contributed by atoms with E-state index in [1.165, 1.54) is 6.20 Å². The Balaban J connectivity index is 2.39. The molecule has 0 saturated carbocycles. The van der Waals surface area contributed by atoms with Crippen LogP contribution in [0.4, 0.5) is 0 Å². The monoisotopic (exact) mass is 445 g/mol. The number of aliphatic hydroxyl groups excluding tert-OH is 2. The molecule has 0 aliphatic carbocycles. The maximum Gasteiger partial charge on any atom is 0.347 e. The summed E-state index contributed by atoms with van der Waals surface area (Å²) in [7, 11) is -3.37. The van der Waals surface area contributed by atoms with Gasteiger partial charge >= 0.3 is 13.6 Å². The lowest BCUT2D eigenvalue weighted by Gasteiger charge is -2.36. The molecule has 30 heavy (non-hydrogen) atoms. The molecule has 1 aliphatic heterocycles. The molecule has 11 nitrogen and oxygen atoms in total. The van der Waals surface area contributed by atoms with Gasteiger partial charge in [0.15, 0.2) is 12.3 Å². The minimum absolute atomic E-state index is 0.0382. The Morgan fingerprint density at radius 3 is 2.50 bits per heavy atom. The Morgan fingerprint density at radius 2 is 2.00 bits per heavy atom. The minimum atomic E-state index is -3.37. The van der Waals surface area contributed by atoms with Crippen LogP contribution in [0.1, 0.15) is 40.3 Å². The Hall–Kier alpha value is -1.64. The molecule has 1 unspecified atom stereocenters. The summed E-state index contributed by atoms with van der Waals surface area (Å²) in [4.78, 5) is 37.0. The van der Waals surface area contributed by atoms with E-state index in [0.717, 1.165) is 10.6 Å². The van der Waals surface area contributed by atoms with Gasteiger partial charge in [-0.15, -0.1) is 4.67 Å². The number of aromatic amines is 1. The number of aromatic nitrogens is 2. The Kier molecular flexibility index (Phi) is 8.30. The van der Waals surface area contributed by atoms with Crippen molar-refractivity contribution in [2.45, 2.75) is 70.7 Å². The zero-order valence-electron chi connectivity index (χ0n) is 17.5. The summed E-state index contributed by atoms with van der Waals surface area (Å²) in [5.41, 5.74) is -1.39. The molecule has 168 valence electrons. The molecule has 0 spiro atoms. The summed E-state index contributed by atoms with van der Waals surface area (Å²) >= 11 is 0. The molecule has 12 heteroatoms. The van der Waals surface area contributed by atoms with E-state index in [1.807, 2.05) is 33.8 Å². The first-order chi connectivity index (χ1) is 14.1. The third-order valence-electron chi connectivity index (χ3n) is 4.84. The highest BCUT2D eigenvalue weighted by Crippen LogP contribution is 2.63. The van der Waals surface area contributed by atoms with Crippen molar-refractivity contribution in [3.63, 3.8) is 0 Å². The van der Waals surface area contributed by atoms with E-state index in [1.54, 1.807) is 4.67 Å². The molecule has 4 N–H and O–H groups in total. The van der Waals surface area contributed by atoms with Crippen molar-refractivity contribution in [1.82, 2.24) is 14.2 Å². The van der Waals surface area contributed by atoms with E-state index in [-0.39, 0.29) is 24.7 Å². The Labute approximate surface area is 175 Å². The predicted molar refractivity (Wildman–Crippen MR) is 110 cm³/mol. The smallest absolute Gasteiger partial charge is 0.347 e. The van der Waals surface area contributed by atoms with Crippen LogP contribution >= 0.6 is 7.87 Å². The van der Waals surface area contributed by atoms with E-state index in [0.29, 0.717) is 0 Å². The van der Waals surface area contributed by atoms with Crippen LogP contribution in [-0.4, -0.2) is 72.5 Å². The zero-order valence-corrected chi connectivity index (χ0v) is 18.4. The van der Waals surface area contributed by atoms with Crippen LogP contribution in [-0.2, 0) is 9.26 Å². The lowest BCUT2D eigenvalue weighted by atomic mass is 10.1. The fraction of sp³-hybridized carbons (Fsp3) is 0.722. The van der Waals surface area contributed by atoms with Gasteiger partial charge in [0.25, 0.3) is 5.56 Å². The SMILES string of the molecule is CC(C)N(C(C)C)[P+](O)(CCC#N)O[C@H]1[C@@H](O)[C@H](n2ccc(=O)[nH]c2=O)O[C@@H]1CO. The number of nitrogens with zero attached hydrogens (tertiary/aromatic N) is 3. The number of H-pyrrole nitrogens is 1. The second kappa shape index (κ2) is 10.1. The summed E-state index contributed by atoms with van der Waals surface area (Å²) in [6.07, 6.45) is -3.57. The number of rotatable bonds is 9. The highest BCUT2D eigenvalue weighted by molar-refractivity contribution is 7.63. The van der Waals surface area contributed by atoms with Crippen LogP contribution in [0, 0.1) is 11.3 Å². The first-order valence-electron chi connectivity index (χ1n) is 9.76. The van der Waals surface area contributed by atoms with Gasteiger partial charge in [-0.2, -0.15) is 9.79 Å². The van der Waals surface area contributed by atoms with Crippen LogP contribution in [0.2, 0.25) is 0 Å². The average Bonchev–Trinajstić information content (AvgIpc) is 2.95. The first kappa shape index (κ1) is 24.6. The topological polar surface area (TPSA) is 161 Å². The normalized spacial score (nSPS) is 26.3. The second-order valence-corrected chi connectivity index (χ2v) is 10.1. The fourth-order valence-electron chi connectivity index (χ4n) is 3.79. The molecule has 0 radical (unpaired) electrons. The molecular weight excluding hydrogens is 415 g/mol. The molecule has 1 aromatic rings. The van der Waals surface area contributed by atoms with Crippen molar-refractivity contribution in [1.29, 1.82) is 5.26 Å². The van der Waals surface area contributed by atoms with E-state index in [4.69, 9.17) is 14.5 Å². The molecule has 1 saturated heterocycles. The van der Waals surface area contributed by atoms with E-state index < -0.39 is 50.3 Å². The van der Waals surface area contributed by atoms with Gasteiger partial charge in [-0.05, 0) is 27.7 Å². The average molecular weight is 445 g/mol. The summed E-state index contributed by atoms with van der Waals surface area (Å²) in [6, 6.07) is 2.87. The number of nitrogens with one attached hydrogen (secondary N) is 1. The van der Waals surface area contributed by atoms with E-state index >= 15 is 0 Å². The molecule has 2 heterocycles. The van der Waals surface area contributed by atoms with Gasteiger partial charge in [0.1, 0.15) is 18.4 Å². The van der Waals surface area contributed by atoms with Crippen LogP contribution in [0.25, 0.3) is 0 Å². The number of hydrogen-bond acceptors (Lipinski definition) is 9. The summed E-state index contributed by atoms with van der Waals surface area (Å²) in [5.74, 6) is 0. The third kappa shape index (κ3) is 5.15. The second-order valence-electron chi connectivity index (χ2n) is 7.69. The minimum Gasteiger partial charge on any atom is -0.394 e. The number of nitriles is 1. The molecule has 0 bridgehead atoms. The van der Waals surface area contributed by atoms with E-state index in [9.17, 15) is 24.7 Å². The van der Waals surface area contributed by atoms with Crippen LogP contribution in [0.3, 0.4) is 0 Å². The van der Waals surface area contributed by atoms with Gasteiger partial charge in [-0.25, -0.2) is 9.69 Å². The predicted octanol–water partition coefficient (Wildman–Crippen LogP) is -0.0402. The maximum absolute atomic E-state index is 12.1. The van der Waals surface area contributed by atoms with Gasteiger partial charge in [0.2, 0.25) is 0 Å². The molecule has 0 amide bonds. The van der Waals surface area contributed by atoms with Crippen LogP contribution < -0.4 is 11.2 Å². The van der Waals surface area contributed by atoms with Crippen molar-refractivity contribution in [2.75, 3.05) is 12.8 Å². The Bertz CT molecular complexity index is 859. The van der Waals surface area contributed by atoms with Gasteiger partial charge in [-0.3, -0.25) is 14.3 Å². The highest BCUT2D eigenvalue weighted by atomic mass is 31.2. The molecule has 1 aliphatic rings. The van der Waals surface area contributed by atoms with Crippen molar-refractivity contribution in [3.05, 3.63) is 33.1 Å². The Morgan fingerprint density at radius 1 is 1.37 bits per heavy atom. The first-order valence-corrected chi connectivity index (χ1v) is 11.6. The van der Waals surface area contributed by atoms with Gasteiger partial charge in [0.05, 0.1) is 19.1 Å². The molecule has 2 rings (SSSR count). The highest BCUT2D eigenvalue weighted by Gasteiger charge is 2.57. The quantitative estimate of drug-likeness (QED) is 0.382. The lowest BCUT2D eigenvalue weighted by Crippen LogP contribution is -2.44. The van der Waals surface area contributed by atoms with E-state index in [2.05, 4.69) is 4.98 Å². The van der Waals surface area contributed by atoms with Gasteiger partial charge in [0, 0.05) is 24.3 Å². The molecule has 1 fully saturated rings. The van der Waals surface area contributed by atoms with Gasteiger partial charge < -0.3 is 14.9 Å². The standard InChI is InChI=1S/C18H29N4O7P/c1-11(2)22(12(3)4)30(27,9-5-7-19)29-16-13(10-23)28-17(15(16)25)21-8-6-14(24)20-18(21)26/h6,8,11-13,15-17,23,25,27H,5,9-10H2,1-4H3/p+1/t13-,15-,16-,17-,30?/m1/s1. The summed E-state index contributed by atoms with van der Waals surface area (Å²) in [5, 5.41) is 29.7. The number of ether oxygens (including phenoxy) is 1. The summed E-state index contributed by atoms with van der Waals surface area (Å²) < 4.78 is 14.4.